The molecule has 1 aromatic carbocycles. The van der Waals surface area contributed by atoms with Crippen molar-refractivity contribution in [2.45, 2.75) is 18.9 Å². The first-order valence-corrected chi connectivity index (χ1v) is 5.31. The molecule has 5 heteroatoms. The van der Waals surface area contributed by atoms with Gasteiger partial charge in [-0.25, -0.2) is 9.18 Å². The average Bonchev–Trinajstić information content (AvgIpc) is 3.03. The topological polar surface area (TPSA) is 46.5 Å². The number of carboxylic acids is 1. The Kier molecular flexibility index (Phi) is 3.01. The lowest BCUT2D eigenvalue weighted by atomic mass is 10.2. The van der Waals surface area contributed by atoms with Crippen LogP contribution in [-0.4, -0.2) is 17.2 Å². The maximum Gasteiger partial charge on any atom is 0.345 e. The lowest BCUT2D eigenvalue weighted by Gasteiger charge is -2.14. The molecule has 1 fully saturated rings. The fourth-order valence-corrected chi connectivity index (χ4v) is 1.62. The Morgan fingerprint density at radius 3 is 2.81 bits per heavy atom. The van der Waals surface area contributed by atoms with Crippen molar-refractivity contribution in [2.75, 3.05) is 0 Å². The van der Waals surface area contributed by atoms with Crippen LogP contribution >= 0.6 is 11.6 Å². The van der Waals surface area contributed by atoms with Gasteiger partial charge in [-0.3, -0.25) is 0 Å². The monoisotopic (exact) mass is 244 g/mol. The first-order valence-electron chi connectivity index (χ1n) is 4.93. The third-order valence-electron chi connectivity index (χ3n) is 2.46. The van der Waals surface area contributed by atoms with Crippen LogP contribution in [0, 0.1) is 11.7 Å². The summed E-state index contributed by atoms with van der Waals surface area (Å²) in [7, 11) is 0. The van der Waals surface area contributed by atoms with Gasteiger partial charge >= 0.3 is 5.97 Å². The second-order valence-electron chi connectivity index (χ2n) is 3.77. The van der Waals surface area contributed by atoms with Gasteiger partial charge < -0.3 is 9.84 Å². The molecular formula is C11H10ClFO3. The van der Waals surface area contributed by atoms with Crippen molar-refractivity contribution in [3.8, 4) is 5.75 Å². The van der Waals surface area contributed by atoms with Gasteiger partial charge in [0, 0.05) is 5.92 Å². The minimum Gasteiger partial charge on any atom is -0.478 e. The summed E-state index contributed by atoms with van der Waals surface area (Å²) in [5.74, 6) is -1.90. The van der Waals surface area contributed by atoms with Gasteiger partial charge in [-0.2, -0.15) is 0 Å². The quantitative estimate of drug-likeness (QED) is 0.886. The Labute approximate surface area is 96.8 Å². The highest BCUT2D eigenvalue weighted by molar-refractivity contribution is 6.30. The Morgan fingerprint density at radius 1 is 1.56 bits per heavy atom. The van der Waals surface area contributed by atoms with Crippen LogP contribution in [0.3, 0.4) is 0 Å². The minimum absolute atomic E-state index is 0.0177. The van der Waals surface area contributed by atoms with E-state index in [1.807, 2.05) is 0 Å². The van der Waals surface area contributed by atoms with Gasteiger partial charge in [0.2, 0.25) is 0 Å². The fourth-order valence-electron chi connectivity index (χ4n) is 1.46. The van der Waals surface area contributed by atoms with Crippen molar-refractivity contribution in [3.63, 3.8) is 0 Å². The van der Waals surface area contributed by atoms with Gasteiger partial charge in [0.1, 0.15) is 0 Å². The molecule has 0 amide bonds. The lowest BCUT2D eigenvalue weighted by molar-refractivity contribution is -0.146. The molecule has 16 heavy (non-hydrogen) atoms. The van der Waals surface area contributed by atoms with Crippen molar-refractivity contribution in [1.82, 2.24) is 0 Å². The number of carbonyl (C=O) groups is 1. The van der Waals surface area contributed by atoms with Crippen molar-refractivity contribution in [3.05, 3.63) is 29.0 Å². The molecular weight excluding hydrogens is 235 g/mol. The highest BCUT2D eigenvalue weighted by atomic mass is 35.5. The molecule has 1 unspecified atom stereocenters. The van der Waals surface area contributed by atoms with Crippen LogP contribution < -0.4 is 4.74 Å². The Hall–Kier alpha value is -1.29. The summed E-state index contributed by atoms with van der Waals surface area (Å²) in [4.78, 5) is 10.9. The van der Waals surface area contributed by atoms with Crippen LogP contribution in [0.4, 0.5) is 4.39 Å². The van der Waals surface area contributed by atoms with E-state index in [1.54, 1.807) is 0 Å². The molecule has 0 radical (unpaired) electrons. The van der Waals surface area contributed by atoms with E-state index in [4.69, 9.17) is 21.4 Å². The van der Waals surface area contributed by atoms with Gasteiger partial charge in [0.25, 0.3) is 0 Å². The fraction of sp³-hybridized carbons (Fsp3) is 0.364. The molecule has 0 aromatic heterocycles. The molecule has 0 bridgehead atoms. The molecule has 0 aliphatic heterocycles. The van der Waals surface area contributed by atoms with E-state index in [2.05, 4.69) is 0 Å². The van der Waals surface area contributed by atoms with Crippen LogP contribution in [-0.2, 0) is 4.79 Å². The highest BCUT2D eigenvalue weighted by Gasteiger charge is 2.38. The lowest BCUT2D eigenvalue weighted by Crippen LogP contribution is -2.29. The number of hydrogen-bond acceptors (Lipinski definition) is 2. The molecule has 1 aromatic rings. The number of rotatable bonds is 4. The summed E-state index contributed by atoms with van der Waals surface area (Å²) < 4.78 is 18.6. The summed E-state index contributed by atoms with van der Waals surface area (Å²) in [6.07, 6.45) is 0.631. The predicted octanol–water partition coefficient (Wildman–Crippen LogP) is 2.72. The first kappa shape index (κ1) is 11.2. The van der Waals surface area contributed by atoms with Crippen LogP contribution in [0.15, 0.2) is 18.2 Å². The summed E-state index contributed by atoms with van der Waals surface area (Å²) in [5, 5.41) is 8.85. The SMILES string of the molecule is O=C(O)C(Oc1cccc(Cl)c1F)C1CC1. The molecule has 0 saturated heterocycles. The average molecular weight is 245 g/mol. The maximum atomic E-state index is 13.5. The zero-order chi connectivity index (χ0) is 11.7. The third-order valence-corrected chi connectivity index (χ3v) is 2.76. The van der Waals surface area contributed by atoms with Gasteiger partial charge in [-0.05, 0) is 25.0 Å². The third kappa shape index (κ3) is 2.27. The molecule has 1 aliphatic carbocycles. The van der Waals surface area contributed by atoms with Crippen molar-refractivity contribution in [2.24, 2.45) is 5.92 Å². The largest absolute Gasteiger partial charge is 0.478 e. The standard InChI is InChI=1S/C11H10ClFO3/c12-7-2-1-3-8(9(7)13)16-10(11(14)15)6-4-5-6/h1-3,6,10H,4-5H2,(H,14,15). The normalized spacial score (nSPS) is 16.9. The number of halogens is 2. The zero-order valence-electron chi connectivity index (χ0n) is 8.32. The van der Waals surface area contributed by atoms with E-state index in [0.29, 0.717) is 0 Å². The number of hydrogen-bond donors (Lipinski definition) is 1. The highest BCUT2D eigenvalue weighted by Crippen LogP contribution is 2.36. The molecule has 0 heterocycles. The molecule has 3 nitrogen and oxygen atoms in total. The van der Waals surface area contributed by atoms with E-state index >= 15 is 0 Å². The maximum absolute atomic E-state index is 13.5. The van der Waals surface area contributed by atoms with Gasteiger partial charge in [0.15, 0.2) is 17.7 Å². The zero-order valence-corrected chi connectivity index (χ0v) is 9.08. The van der Waals surface area contributed by atoms with Crippen LogP contribution in [0.1, 0.15) is 12.8 Å². The van der Waals surface area contributed by atoms with Gasteiger partial charge in [0.05, 0.1) is 5.02 Å². The van der Waals surface area contributed by atoms with Crippen molar-refractivity contribution >= 4 is 17.6 Å². The van der Waals surface area contributed by atoms with Crippen LogP contribution in [0.5, 0.6) is 5.75 Å². The summed E-state index contributed by atoms with van der Waals surface area (Å²) in [6, 6.07) is 4.28. The summed E-state index contributed by atoms with van der Waals surface area (Å²) in [6.45, 7) is 0. The summed E-state index contributed by atoms with van der Waals surface area (Å²) >= 11 is 5.57. The van der Waals surface area contributed by atoms with E-state index in [0.717, 1.165) is 12.8 Å². The molecule has 2 rings (SSSR count). The number of carboxylic acid groups (broad SMARTS) is 1. The first-order chi connectivity index (χ1) is 7.59. The van der Waals surface area contributed by atoms with Gasteiger partial charge in [-0.1, -0.05) is 17.7 Å². The van der Waals surface area contributed by atoms with Crippen LogP contribution in [0.2, 0.25) is 5.02 Å². The smallest absolute Gasteiger partial charge is 0.345 e. The van der Waals surface area contributed by atoms with E-state index in [-0.39, 0.29) is 16.7 Å². The molecule has 0 spiro atoms. The molecule has 1 saturated carbocycles. The Balaban J connectivity index is 2.18. The number of ether oxygens (including phenoxy) is 1. The number of benzene rings is 1. The summed E-state index contributed by atoms with van der Waals surface area (Å²) in [5.41, 5.74) is 0. The van der Waals surface area contributed by atoms with E-state index in [1.165, 1.54) is 18.2 Å². The Bertz CT molecular complexity index is 418. The van der Waals surface area contributed by atoms with Crippen LogP contribution in [0.25, 0.3) is 0 Å². The molecule has 1 aliphatic rings. The second kappa shape index (κ2) is 4.29. The second-order valence-corrected chi connectivity index (χ2v) is 4.17. The molecule has 1 N–H and O–H groups in total. The minimum atomic E-state index is -1.07. The number of aliphatic carboxylic acids is 1. The van der Waals surface area contributed by atoms with Crippen molar-refractivity contribution in [1.29, 1.82) is 0 Å². The molecule has 1 atom stereocenters. The Morgan fingerprint density at radius 2 is 2.25 bits per heavy atom. The van der Waals surface area contributed by atoms with Gasteiger partial charge in [-0.15, -0.1) is 0 Å². The van der Waals surface area contributed by atoms with E-state index in [9.17, 15) is 9.18 Å². The molecule has 86 valence electrons. The van der Waals surface area contributed by atoms with Crippen molar-refractivity contribution < 1.29 is 19.0 Å². The predicted molar refractivity (Wildman–Crippen MR) is 56.2 cm³/mol. The van der Waals surface area contributed by atoms with E-state index < -0.39 is 17.9 Å².